The van der Waals surface area contributed by atoms with Crippen molar-refractivity contribution in [2.24, 2.45) is 11.8 Å². The van der Waals surface area contributed by atoms with Crippen LogP contribution in [0.2, 0.25) is 0 Å². The van der Waals surface area contributed by atoms with Crippen LogP contribution in [0, 0.1) is 11.8 Å². The number of hydrogen-bond donors (Lipinski definition) is 7. The number of rotatable bonds is 34. The number of esters is 2. The molecule has 11 unspecified atom stereocenters. The molecule has 17 heteroatoms. The molecule has 0 aromatic heterocycles. The zero-order valence-corrected chi connectivity index (χ0v) is 38.1. The summed E-state index contributed by atoms with van der Waals surface area (Å²) in [6, 6.07) is 0. The Morgan fingerprint density at radius 1 is 0.694 bits per heavy atom. The van der Waals surface area contributed by atoms with Gasteiger partial charge >= 0.3 is 19.8 Å². The van der Waals surface area contributed by atoms with Crippen LogP contribution in [0.1, 0.15) is 162 Å². The van der Waals surface area contributed by atoms with Gasteiger partial charge in [0.1, 0.15) is 49.3 Å². The molecular weight excluding hydrogens is 827 g/mol. The van der Waals surface area contributed by atoms with E-state index in [0.29, 0.717) is 19.3 Å². The van der Waals surface area contributed by atoms with Crippen LogP contribution < -0.4 is 0 Å². The lowest BCUT2D eigenvalue weighted by molar-refractivity contribution is -0.336. The van der Waals surface area contributed by atoms with Crippen molar-refractivity contribution in [1.82, 2.24) is 0 Å². The molecule has 3 fully saturated rings. The average molecular weight is 907 g/mol. The number of aliphatic hydroxyl groups is 6. The van der Waals surface area contributed by atoms with Gasteiger partial charge in [0.2, 0.25) is 0 Å². The molecule has 16 nitrogen and oxygen atoms in total. The Hall–Kier alpha value is -1.79. The minimum atomic E-state index is -5.16. The van der Waals surface area contributed by atoms with Crippen LogP contribution in [-0.4, -0.2) is 122 Å². The van der Waals surface area contributed by atoms with Crippen molar-refractivity contribution in [2.75, 3.05) is 13.2 Å². The fourth-order valence-corrected chi connectivity index (χ4v) is 9.27. The molecule has 2 aliphatic carbocycles. The summed E-state index contributed by atoms with van der Waals surface area (Å²) in [5, 5.41) is 60.6. The topological polar surface area (TPSA) is 248 Å². The number of ether oxygens (including phenoxy) is 2. The third kappa shape index (κ3) is 20.2. The SMILES string of the molecule is CCCCCCCCCCCCCCCC(=O)OCC(COP(=O)(O)OC1C(O)C(O)C(O)C(O)C1O)OC(=O)CCC/C=C\CC1C2CC(OO2)C1/C=C/C(O)CCCCC. The second-order valence-corrected chi connectivity index (χ2v) is 18.8. The van der Waals surface area contributed by atoms with E-state index < -0.39 is 81.8 Å². The number of allylic oxidation sites excluding steroid dienone is 2. The predicted molar refractivity (Wildman–Crippen MR) is 230 cm³/mol. The highest BCUT2D eigenvalue weighted by Gasteiger charge is 2.52. The third-order valence-corrected chi connectivity index (χ3v) is 13.1. The van der Waals surface area contributed by atoms with E-state index in [1.165, 1.54) is 57.8 Å². The van der Waals surface area contributed by atoms with Crippen molar-refractivity contribution in [1.29, 1.82) is 0 Å². The van der Waals surface area contributed by atoms with Crippen molar-refractivity contribution in [2.45, 2.75) is 223 Å². The van der Waals surface area contributed by atoms with E-state index in [-0.39, 0.29) is 36.9 Å². The highest BCUT2D eigenvalue weighted by molar-refractivity contribution is 7.47. The zero-order valence-electron chi connectivity index (χ0n) is 37.2. The van der Waals surface area contributed by atoms with Gasteiger partial charge in [0.15, 0.2) is 6.10 Å². The maximum Gasteiger partial charge on any atom is 0.472 e. The first-order valence-corrected chi connectivity index (χ1v) is 25.0. The summed E-state index contributed by atoms with van der Waals surface area (Å²) in [4.78, 5) is 46.9. The number of unbranched alkanes of at least 4 members (excludes halogenated alkanes) is 15. The van der Waals surface area contributed by atoms with Crippen LogP contribution in [0.3, 0.4) is 0 Å². The fraction of sp³-hybridized carbons (Fsp3) is 0.867. The molecule has 360 valence electrons. The smallest absolute Gasteiger partial charge is 0.462 e. The normalized spacial score (nSPS) is 29.3. The van der Waals surface area contributed by atoms with Crippen molar-refractivity contribution in [3.63, 3.8) is 0 Å². The number of phosphoric acid groups is 1. The minimum Gasteiger partial charge on any atom is -0.462 e. The first-order valence-electron chi connectivity index (χ1n) is 23.5. The highest BCUT2D eigenvalue weighted by Crippen LogP contribution is 2.47. The van der Waals surface area contributed by atoms with Gasteiger partial charge in [0.05, 0.1) is 18.8 Å². The second kappa shape index (κ2) is 30.4. The first-order chi connectivity index (χ1) is 29.8. The van der Waals surface area contributed by atoms with Crippen LogP contribution in [0.25, 0.3) is 0 Å². The molecule has 1 saturated heterocycles. The standard InChI is InChI=1S/C45H79O16P/c1-3-5-7-8-9-10-11-12-13-14-15-16-21-25-38(47)56-30-33(31-57-62(54,55)61-45-43(52)41(50)40(49)42(51)44(45)53)58-39(48)26-22-18-17-20-24-34-35(37-29-36(34)59-60-37)28-27-32(46)23-19-6-4-2/h17,20,27-28,32-37,40-46,49-53H,3-16,18-19,21-26,29-31H2,1-2H3,(H,54,55)/b20-17-,28-27+. The Morgan fingerprint density at radius 2 is 1.24 bits per heavy atom. The molecule has 7 N–H and O–H groups in total. The van der Waals surface area contributed by atoms with Crippen molar-refractivity contribution in [3.8, 4) is 0 Å². The molecular formula is C45H79O16P. The monoisotopic (exact) mass is 907 g/mol. The summed E-state index contributed by atoms with van der Waals surface area (Å²) in [6.45, 7) is 3.08. The van der Waals surface area contributed by atoms with Gasteiger partial charge in [-0.25, -0.2) is 14.3 Å². The molecule has 0 aromatic carbocycles. The molecule has 1 heterocycles. The Bertz CT molecular complexity index is 1330. The molecule has 1 aliphatic heterocycles. The van der Waals surface area contributed by atoms with Gasteiger partial charge in [-0.3, -0.25) is 18.6 Å². The summed E-state index contributed by atoms with van der Waals surface area (Å²) in [5.74, 6) is -0.890. The number of carbonyl (C=O) groups is 2. The van der Waals surface area contributed by atoms with Crippen LogP contribution in [0.4, 0.5) is 0 Å². The Balaban J connectivity index is 1.44. The summed E-state index contributed by atoms with van der Waals surface area (Å²) in [5.41, 5.74) is 0. The molecule has 0 spiro atoms. The number of hydrogen-bond acceptors (Lipinski definition) is 15. The molecule has 3 aliphatic rings. The maximum atomic E-state index is 12.9. The predicted octanol–water partition coefficient (Wildman–Crippen LogP) is 6.19. The van der Waals surface area contributed by atoms with Gasteiger partial charge < -0.3 is 45.0 Å². The number of carbonyl (C=O) groups excluding carboxylic acids is 2. The Labute approximate surface area is 368 Å². The third-order valence-electron chi connectivity index (χ3n) is 12.1. The van der Waals surface area contributed by atoms with Crippen LogP contribution in [-0.2, 0) is 42.5 Å². The molecule has 2 saturated carbocycles. The zero-order chi connectivity index (χ0) is 45.3. The van der Waals surface area contributed by atoms with Gasteiger partial charge in [-0.2, -0.15) is 0 Å². The fourth-order valence-electron chi connectivity index (χ4n) is 8.30. The number of aliphatic hydroxyl groups excluding tert-OH is 6. The van der Waals surface area contributed by atoms with E-state index in [9.17, 15) is 49.7 Å². The maximum absolute atomic E-state index is 12.9. The summed E-state index contributed by atoms with van der Waals surface area (Å²) in [7, 11) is -5.16. The lowest BCUT2D eigenvalue weighted by Crippen LogP contribution is -2.64. The van der Waals surface area contributed by atoms with Crippen molar-refractivity contribution >= 4 is 19.8 Å². The lowest BCUT2D eigenvalue weighted by Gasteiger charge is -2.41. The van der Waals surface area contributed by atoms with E-state index in [0.717, 1.165) is 57.8 Å². The van der Waals surface area contributed by atoms with E-state index in [1.807, 2.05) is 18.2 Å². The highest BCUT2D eigenvalue weighted by atomic mass is 31.2. The molecule has 2 bridgehead atoms. The number of fused-ring (bicyclic) bond motifs is 2. The van der Waals surface area contributed by atoms with E-state index in [4.69, 9.17) is 28.3 Å². The summed E-state index contributed by atoms with van der Waals surface area (Å²) < 4.78 is 33.6. The largest absolute Gasteiger partial charge is 0.472 e. The van der Waals surface area contributed by atoms with E-state index >= 15 is 0 Å². The molecule has 62 heavy (non-hydrogen) atoms. The van der Waals surface area contributed by atoms with Crippen molar-refractivity contribution in [3.05, 3.63) is 24.3 Å². The Morgan fingerprint density at radius 3 is 1.87 bits per heavy atom. The van der Waals surface area contributed by atoms with E-state index in [2.05, 4.69) is 19.9 Å². The van der Waals surface area contributed by atoms with Crippen molar-refractivity contribution < 1.29 is 78.0 Å². The molecule has 0 amide bonds. The molecule has 0 radical (unpaired) electrons. The summed E-state index contributed by atoms with van der Waals surface area (Å²) >= 11 is 0. The molecule has 0 aromatic rings. The molecule has 3 rings (SSSR count). The van der Waals surface area contributed by atoms with Gasteiger partial charge in [-0.1, -0.05) is 134 Å². The van der Waals surface area contributed by atoms with Gasteiger partial charge in [-0.15, -0.1) is 0 Å². The van der Waals surface area contributed by atoms with E-state index in [1.54, 1.807) is 0 Å². The Kier molecular flexibility index (Phi) is 26.8. The van der Waals surface area contributed by atoms with Gasteiger partial charge in [0, 0.05) is 31.1 Å². The van der Waals surface area contributed by atoms with Crippen LogP contribution in [0.15, 0.2) is 24.3 Å². The summed E-state index contributed by atoms with van der Waals surface area (Å²) in [6.07, 6.45) is 15.5. The molecule has 11 atom stereocenters. The van der Waals surface area contributed by atoms with Crippen LogP contribution >= 0.6 is 7.82 Å². The van der Waals surface area contributed by atoms with Gasteiger partial charge in [0.25, 0.3) is 0 Å². The first kappa shape index (κ1) is 54.5. The lowest BCUT2D eigenvalue weighted by atomic mass is 9.85. The quantitative estimate of drug-likeness (QED) is 0.0125. The van der Waals surface area contributed by atoms with Gasteiger partial charge in [-0.05, 0) is 32.1 Å². The number of phosphoric ester groups is 1. The second-order valence-electron chi connectivity index (χ2n) is 17.4. The average Bonchev–Trinajstić information content (AvgIpc) is 3.86. The van der Waals surface area contributed by atoms with Crippen LogP contribution in [0.5, 0.6) is 0 Å². The minimum absolute atomic E-state index is 0.0219.